The number of nitrogens with zero attached hydrogens (tertiary/aromatic N) is 2. The molecule has 3 rings (SSSR count). The third-order valence-corrected chi connectivity index (χ3v) is 4.99. The van der Waals surface area contributed by atoms with Gasteiger partial charge in [0, 0.05) is 19.5 Å². The molecule has 1 aliphatic heterocycles. The van der Waals surface area contributed by atoms with Gasteiger partial charge in [0.05, 0.1) is 11.6 Å². The van der Waals surface area contributed by atoms with Crippen molar-refractivity contribution in [1.82, 2.24) is 10.2 Å². The molecule has 0 saturated carbocycles. The van der Waals surface area contributed by atoms with Crippen molar-refractivity contribution >= 4 is 12.0 Å². The maximum absolute atomic E-state index is 13.0. The Morgan fingerprint density at radius 1 is 1.00 bits per heavy atom. The van der Waals surface area contributed by atoms with Gasteiger partial charge in [0.15, 0.2) is 0 Å². The van der Waals surface area contributed by atoms with Crippen LogP contribution in [0.4, 0.5) is 4.79 Å². The van der Waals surface area contributed by atoms with Gasteiger partial charge in [0.2, 0.25) is 5.91 Å². The van der Waals surface area contributed by atoms with Crippen molar-refractivity contribution in [2.45, 2.75) is 38.3 Å². The highest BCUT2D eigenvalue weighted by atomic mass is 16.5. The number of rotatable bonds is 6. The number of benzene rings is 2. The molecule has 1 aliphatic rings. The van der Waals surface area contributed by atoms with Crippen LogP contribution in [0.2, 0.25) is 0 Å². The van der Waals surface area contributed by atoms with Gasteiger partial charge in [0.25, 0.3) is 0 Å². The van der Waals surface area contributed by atoms with Crippen LogP contribution in [0.15, 0.2) is 54.6 Å². The van der Waals surface area contributed by atoms with E-state index in [0.717, 1.165) is 30.4 Å². The molecular weight excluding hydrogens is 366 g/mol. The zero-order chi connectivity index (χ0) is 20.5. The van der Waals surface area contributed by atoms with Crippen molar-refractivity contribution in [3.8, 4) is 6.07 Å². The van der Waals surface area contributed by atoms with E-state index in [1.165, 1.54) is 0 Å². The highest BCUT2D eigenvalue weighted by Crippen LogP contribution is 2.13. The maximum Gasteiger partial charge on any atom is 0.408 e. The number of alkyl carbamates (subject to hydrolysis) is 1. The number of ether oxygens (including phenoxy) is 1. The molecule has 0 unspecified atom stereocenters. The molecule has 2 amide bonds. The second-order valence-corrected chi connectivity index (χ2v) is 7.16. The van der Waals surface area contributed by atoms with Crippen molar-refractivity contribution < 1.29 is 14.3 Å². The summed E-state index contributed by atoms with van der Waals surface area (Å²) < 4.78 is 5.31. The summed E-state index contributed by atoms with van der Waals surface area (Å²) >= 11 is 0. The van der Waals surface area contributed by atoms with Crippen LogP contribution in [0, 0.1) is 11.3 Å². The fourth-order valence-electron chi connectivity index (χ4n) is 3.39. The van der Waals surface area contributed by atoms with E-state index in [-0.39, 0.29) is 12.5 Å². The molecule has 0 spiro atoms. The summed E-state index contributed by atoms with van der Waals surface area (Å²) in [6, 6.07) is 17.8. The van der Waals surface area contributed by atoms with E-state index in [4.69, 9.17) is 10.00 Å². The van der Waals surface area contributed by atoms with Crippen LogP contribution in [0.1, 0.15) is 36.0 Å². The van der Waals surface area contributed by atoms with Crippen molar-refractivity contribution in [3.63, 3.8) is 0 Å². The number of nitriles is 1. The molecule has 1 atom stereocenters. The Morgan fingerprint density at radius 2 is 1.69 bits per heavy atom. The highest BCUT2D eigenvalue weighted by Gasteiger charge is 2.27. The number of hydrogen-bond acceptors (Lipinski definition) is 4. The fourth-order valence-corrected chi connectivity index (χ4v) is 3.39. The van der Waals surface area contributed by atoms with Crippen molar-refractivity contribution in [2.24, 2.45) is 0 Å². The number of nitrogens with one attached hydrogen (secondary N) is 1. The summed E-state index contributed by atoms with van der Waals surface area (Å²) in [7, 11) is 0. The summed E-state index contributed by atoms with van der Waals surface area (Å²) in [6.07, 6.45) is 2.82. The first-order chi connectivity index (χ1) is 14.2. The van der Waals surface area contributed by atoms with Crippen LogP contribution in [-0.2, 0) is 22.6 Å². The van der Waals surface area contributed by atoms with Gasteiger partial charge in [-0.25, -0.2) is 4.79 Å². The Hall–Kier alpha value is -3.33. The van der Waals surface area contributed by atoms with E-state index in [2.05, 4.69) is 11.4 Å². The molecule has 1 fully saturated rings. The average molecular weight is 391 g/mol. The maximum atomic E-state index is 13.0. The summed E-state index contributed by atoms with van der Waals surface area (Å²) in [6.45, 7) is 1.57. The minimum absolute atomic E-state index is 0.0919. The van der Waals surface area contributed by atoms with Crippen LogP contribution in [-0.4, -0.2) is 36.0 Å². The van der Waals surface area contributed by atoms with Gasteiger partial charge in [-0.15, -0.1) is 0 Å². The van der Waals surface area contributed by atoms with Gasteiger partial charge in [-0.2, -0.15) is 5.26 Å². The predicted octanol–water partition coefficient (Wildman–Crippen LogP) is 3.41. The first kappa shape index (κ1) is 20.4. The van der Waals surface area contributed by atoms with Crippen LogP contribution < -0.4 is 5.32 Å². The molecule has 6 nitrogen and oxygen atoms in total. The van der Waals surface area contributed by atoms with Crippen LogP contribution in [0.3, 0.4) is 0 Å². The molecule has 29 heavy (non-hydrogen) atoms. The van der Waals surface area contributed by atoms with Gasteiger partial charge < -0.3 is 15.0 Å². The lowest BCUT2D eigenvalue weighted by molar-refractivity contribution is -0.134. The summed E-state index contributed by atoms with van der Waals surface area (Å²) in [5.41, 5.74) is 2.32. The number of carbonyl (C=O) groups is 2. The Labute approximate surface area is 171 Å². The summed E-state index contributed by atoms with van der Waals surface area (Å²) in [4.78, 5) is 27.2. The van der Waals surface area contributed by atoms with E-state index in [1.807, 2.05) is 47.4 Å². The minimum Gasteiger partial charge on any atom is -0.445 e. The Balaban J connectivity index is 1.66. The summed E-state index contributed by atoms with van der Waals surface area (Å²) in [5.74, 6) is -0.0919. The van der Waals surface area contributed by atoms with Crippen molar-refractivity contribution in [2.75, 3.05) is 13.1 Å². The Kier molecular flexibility index (Phi) is 7.23. The summed E-state index contributed by atoms with van der Waals surface area (Å²) in [5, 5.41) is 11.7. The third kappa shape index (κ3) is 6.08. The first-order valence-electron chi connectivity index (χ1n) is 9.91. The minimum atomic E-state index is -0.704. The number of hydrogen-bond donors (Lipinski definition) is 1. The number of piperidine rings is 1. The quantitative estimate of drug-likeness (QED) is 0.818. The molecule has 2 aromatic carbocycles. The molecule has 150 valence electrons. The normalized spacial score (nSPS) is 14.5. The van der Waals surface area contributed by atoms with Gasteiger partial charge in [-0.3, -0.25) is 4.79 Å². The standard InChI is InChI=1S/C23H25N3O3/c24-16-19-11-9-18(10-12-19)15-21(22(27)26-13-5-2-6-14-26)25-23(28)29-17-20-7-3-1-4-8-20/h1,3-4,7-12,21H,2,5-6,13-15,17H2,(H,25,28)/t21-/m1/s1. The third-order valence-electron chi connectivity index (χ3n) is 4.99. The smallest absolute Gasteiger partial charge is 0.408 e. The molecule has 0 bridgehead atoms. The lowest BCUT2D eigenvalue weighted by Crippen LogP contribution is -2.51. The number of carbonyl (C=O) groups excluding carboxylic acids is 2. The lowest BCUT2D eigenvalue weighted by atomic mass is 10.0. The average Bonchev–Trinajstić information content (AvgIpc) is 2.78. The van der Waals surface area contributed by atoms with E-state index in [9.17, 15) is 9.59 Å². The lowest BCUT2D eigenvalue weighted by Gasteiger charge is -2.30. The van der Waals surface area contributed by atoms with Crippen LogP contribution in [0.25, 0.3) is 0 Å². The van der Waals surface area contributed by atoms with Crippen LogP contribution >= 0.6 is 0 Å². The monoisotopic (exact) mass is 391 g/mol. The molecule has 0 aliphatic carbocycles. The molecule has 0 radical (unpaired) electrons. The Bertz CT molecular complexity index is 853. The van der Waals surface area contributed by atoms with Crippen LogP contribution in [0.5, 0.6) is 0 Å². The van der Waals surface area contributed by atoms with Gasteiger partial charge in [0.1, 0.15) is 12.6 Å². The second-order valence-electron chi connectivity index (χ2n) is 7.16. The van der Waals surface area contributed by atoms with E-state index >= 15 is 0 Å². The molecule has 1 heterocycles. The van der Waals surface area contributed by atoms with Crippen molar-refractivity contribution in [3.05, 3.63) is 71.3 Å². The molecule has 6 heteroatoms. The van der Waals surface area contributed by atoms with E-state index in [1.54, 1.807) is 12.1 Å². The predicted molar refractivity (Wildman–Crippen MR) is 109 cm³/mol. The van der Waals surface area contributed by atoms with Gasteiger partial charge in [-0.1, -0.05) is 42.5 Å². The molecule has 1 saturated heterocycles. The zero-order valence-corrected chi connectivity index (χ0v) is 16.3. The van der Waals surface area contributed by atoms with E-state index in [0.29, 0.717) is 25.1 Å². The molecular formula is C23H25N3O3. The Morgan fingerprint density at radius 3 is 2.34 bits per heavy atom. The first-order valence-corrected chi connectivity index (χ1v) is 9.91. The molecule has 1 N–H and O–H groups in total. The zero-order valence-electron chi connectivity index (χ0n) is 16.3. The number of likely N-dealkylation sites (tertiary alicyclic amines) is 1. The SMILES string of the molecule is N#Cc1ccc(C[C@@H](NC(=O)OCc2ccccc2)C(=O)N2CCCCC2)cc1. The topological polar surface area (TPSA) is 82.4 Å². The molecule has 0 aromatic heterocycles. The van der Waals surface area contributed by atoms with Crippen molar-refractivity contribution in [1.29, 1.82) is 5.26 Å². The highest BCUT2D eigenvalue weighted by molar-refractivity contribution is 5.86. The second kappa shape index (κ2) is 10.3. The van der Waals surface area contributed by atoms with Gasteiger partial charge in [-0.05, 0) is 42.5 Å². The fraction of sp³-hybridized carbons (Fsp3) is 0.348. The van der Waals surface area contributed by atoms with Gasteiger partial charge >= 0.3 is 6.09 Å². The van der Waals surface area contributed by atoms with E-state index < -0.39 is 12.1 Å². The largest absolute Gasteiger partial charge is 0.445 e. The molecule has 2 aromatic rings. The number of amides is 2.